The van der Waals surface area contributed by atoms with E-state index in [-0.39, 0.29) is 56.0 Å². The summed E-state index contributed by atoms with van der Waals surface area (Å²) in [5, 5.41) is 95.9. The molecule has 0 aromatic heterocycles. The van der Waals surface area contributed by atoms with Crippen LogP contribution in [-0.4, -0.2) is 98.3 Å². The number of carbonyl (C=O) groups is 3. The smallest absolute Gasteiger partial charge is 0.269 e. The number of hydrogen-bond donors (Lipinski definition) is 12. The van der Waals surface area contributed by atoms with Gasteiger partial charge in [0.1, 0.15) is 0 Å². The van der Waals surface area contributed by atoms with Crippen molar-refractivity contribution in [2.45, 2.75) is 80.4 Å². The Morgan fingerprint density at radius 2 is 0.617 bits per heavy atom. The number of hydrazine groups is 3. The molecular weight excluding hydrogens is 780 g/mol. The fourth-order valence-corrected chi connectivity index (χ4v) is 7.08. The third-order valence-corrected chi connectivity index (χ3v) is 10.3. The lowest BCUT2D eigenvalue weighted by Crippen LogP contribution is -2.44. The number of carbonyl (C=O) groups excluding carboxylic acids is 3. The molecule has 0 spiro atoms. The van der Waals surface area contributed by atoms with Crippen LogP contribution in [0.2, 0.25) is 0 Å². The highest BCUT2D eigenvalue weighted by Crippen LogP contribution is 2.40. The van der Waals surface area contributed by atoms with Gasteiger partial charge in [0.05, 0.1) is 16.7 Å². The minimum absolute atomic E-state index is 0.141. The van der Waals surface area contributed by atoms with Gasteiger partial charge in [0.2, 0.25) is 17.2 Å². The first-order valence-electron chi connectivity index (χ1n) is 19.5. The normalized spacial score (nSPS) is 11.3. The molecule has 0 unspecified atom stereocenters. The fourth-order valence-electron chi connectivity index (χ4n) is 7.08. The van der Waals surface area contributed by atoms with Crippen LogP contribution in [0.5, 0.6) is 51.7 Å². The van der Waals surface area contributed by atoms with E-state index in [2.05, 4.69) is 16.3 Å². The van der Waals surface area contributed by atoms with Crippen molar-refractivity contribution < 1.29 is 60.3 Å². The Bertz CT molecular complexity index is 1980. The van der Waals surface area contributed by atoms with Gasteiger partial charge in [-0.05, 0) is 89.0 Å². The van der Waals surface area contributed by atoms with Gasteiger partial charge in [0.15, 0.2) is 34.5 Å². The first-order chi connectivity index (χ1) is 28.5. The molecule has 0 atom stereocenters. The van der Waals surface area contributed by atoms with Crippen LogP contribution in [0.4, 0.5) is 0 Å². The molecule has 0 radical (unpaired) electrons. The summed E-state index contributed by atoms with van der Waals surface area (Å²) in [6.07, 6.45) is 1.50. The SMILES string of the molecule is CCc1c(CN(CC)NC(=O)c2ccc(O)c(O)c2O)c(CC)c(CN(CC)NC(=O)c2ccc(O)c(O)c2O)c(CC)c1CN(CC)NC(=O)c1ccc(O)c(O)c1O. The molecule has 60 heavy (non-hydrogen) atoms. The number of nitrogens with zero attached hydrogens (tertiary/aromatic N) is 3. The number of aromatic hydroxyl groups is 9. The maximum Gasteiger partial charge on any atom is 0.269 e. The molecular formula is C42H54N6O12. The van der Waals surface area contributed by atoms with Crippen molar-refractivity contribution in [3.63, 3.8) is 0 Å². The van der Waals surface area contributed by atoms with Gasteiger partial charge in [0, 0.05) is 39.3 Å². The Morgan fingerprint density at radius 1 is 0.383 bits per heavy atom. The van der Waals surface area contributed by atoms with E-state index in [1.54, 1.807) is 15.0 Å². The predicted molar refractivity (Wildman–Crippen MR) is 220 cm³/mol. The first-order valence-corrected chi connectivity index (χ1v) is 19.5. The molecule has 0 aliphatic heterocycles. The van der Waals surface area contributed by atoms with Crippen molar-refractivity contribution >= 4 is 17.7 Å². The summed E-state index contributed by atoms with van der Waals surface area (Å²) in [7, 11) is 0. The predicted octanol–water partition coefficient (Wildman–Crippen LogP) is 4.22. The van der Waals surface area contributed by atoms with Gasteiger partial charge in [-0.3, -0.25) is 30.7 Å². The van der Waals surface area contributed by atoms with E-state index in [9.17, 15) is 60.3 Å². The van der Waals surface area contributed by atoms with Crippen LogP contribution in [0, 0.1) is 0 Å². The highest BCUT2D eigenvalue weighted by Gasteiger charge is 2.28. The van der Waals surface area contributed by atoms with Crippen molar-refractivity contribution in [2.24, 2.45) is 0 Å². The molecule has 0 saturated carbocycles. The largest absolute Gasteiger partial charge is 0.504 e. The Balaban J connectivity index is 1.85. The number of hydrogen-bond acceptors (Lipinski definition) is 15. The van der Waals surface area contributed by atoms with Crippen LogP contribution in [0.15, 0.2) is 36.4 Å². The van der Waals surface area contributed by atoms with Gasteiger partial charge < -0.3 is 46.0 Å². The third-order valence-electron chi connectivity index (χ3n) is 10.3. The first kappa shape index (κ1) is 46.1. The highest BCUT2D eigenvalue weighted by molar-refractivity contribution is 5.99. The lowest BCUT2D eigenvalue weighted by molar-refractivity contribution is 0.0776. The zero-order chi connectivity index (χ0) is 44.6. The number of phenols is 9. The molecule has 4 aromatic carbocycles. The van der Waals surface area contributed by atoms with E-state index < -0.39 is 69.5 Å². The van der Waals surface area contributed by atoms with Crippen molar-refractivity contribution in [1.29, 1.82) is 0 Å². The fraction of sp³-hybridized carbons (Fsp3) is 0.357. The molecule has 12 N–H and O–H groups in total. The molecule has 18 heteroatoms. The van der Waals surface area contributed by atoms with E-state index in [0.29, 0.717) is 19.3 Å². The molecule has 4 rings (SSSR count). The zero-order valence-corrected chi connectivity index (χ0v) is 34.4. The summed E-state index contributed by atoms with van der Waals surface area (Å²) < 4.78 is 0. The summed E-state index contributed by atoms with van der Waals surface area (Å²) in [6, 6.07) is 6.78. The van der Waals surface area contributed by atoms with Crippen LogP contribution in [0.25, 0.3) is 0 Å². The van der Waals surface area contributed by atoms with Gasteiger partial charge in [0.25, 0.3) is 17.7 Å². The van der Waals surface area contributed by atoms with Crippen LogP contribution >= 0.6 is 0 Å². The molecule has 3 amide bonds. The monoisotopic (exact) mass is 834 g/mol. The lowest BCUT2D eigenvalue weighted by Gasteiger charge is -2.33. The van der Waals surface area contributed by atoms with Gasteiger partial charge in [-0.25, -0.2) is 15.0 Å². The number of amides is 3. The van der Waals surface area contributed by atoms with E-state index in [1.807, 2.05) is 41.5 Å². The average Bonchev–Trinajstić information content (AvgIpc) is 3.22. The molecule has 0 aliphatic carbocycles. The molecule has 0 fully saturated rings. The molecule has 324 valence electrons. The topological polar surface area (TPSA) is 279 Å². The second kappa shape index (κ2) is 19.9. The highest BCUT2D eigenvalue weighted by atomic mass is 16.3. The summed E-state index contributed by atoms with van der Waals surface area (Å²) in [4.78, 5) is 40.4. The van der Waals surface area contributed by atoms with E-state index in [0.717, 1.165) is 51.6 Å². The number of benzene rings is 4. The van der Waals surface area contributed by atoms with Crippen molar-refractivity contribution in [3.05, 3.63) is 86.5 Å². The maximum atomic E-state index is 13.5. The van der Waals surface area contributed by atoms with Crippen molar-refractivity contribution in [2.75, 3.05) is 19.6 Å². The summed E-state index contributed by atoms with van der Waals surface area (Å²) in [6.45, 7) is 12.6. The number of phenolic OH excluding ortho intramolecular Hbond substituents is 9. The Hall–Kier alpha value is -6.63. The molecule has 0 aliphatic rings. The van der Waals surface area contributed by atoms with Crippen molar-refractivity contribution in [3.8, 4) is 51.7 Å². The minimum atomic E-state index is -0.841. The van der Waals surface area contributed by atoms with Gasteiger partial charge in [-0.1, -0.05) is 41.5 Å². The number of nitrogens with one attached hydrogen (secondary N) is 3. The Morgan fingerprint density at radius 3 is 0.817 bits per heavy atom. The summed E-state index contributed by atoms with van der Waals surface area (Å²) >= 11 is 0. The Labute approximate surface area is 347 Å². The quantitative estimate of drug-likeness (QED) is 0.0494. The molecule has 18 nitrogen and oxygen atoms in total. The van der Waals surface area contributed by atoms with E-state index in [4.69, 9.17) is 0 Å². The summed E-state index contributed by atoms with van der Waals surface area (Å²) in [5.41, 5.74) is 12.7. The molecule has 4 aromatic rings. The molecule has 0 saturated heterocycles. The van der Waals surface area contributed by atoms with Gasteiger partial charge in [-0.2, -0.15) is 0 Å². The number of rotatable bonds is 18. The van der Waals surface area contributed by atoms with E-state index >= 15 is 0 Å². The van der Waals surface area contributed by atoms with Crippen molar-refractivity contribution in [1.82, 2.24) is 31.3 Å². The average molecular weight is 835 g/mol. The van der Waals surface area contributed by atoms with Crippen LogP contribution in [0.3, 0.4) is 0 Å². The standard InChI is InChI=1S/C42H54N6O12/c1-7-22-28(19-46(10-4)43-40(58)25-13-16-31(49)37(55)34(25)52)23(8-2)30(21-48(12-6)45-42(60)27-15-18-33(51)39(57)36(27)54)24(9-3)29(22)20-47(11-5)44-41(59)26-14-17-32(50)38(56)35(26)53/h13-18,49-57H,7-12,19-21H2,1-6H3,(H,43,58)(H,44,59)(H,45,60). The third kappa shape index (κ3) is 9.62. The van der Waals surface area contributed by atoms with Crippen LogP contribution < -0.4 is 16.3 Å². The van der Waals surface area contributed by atoms with Crippen LogP contribution in [-0.2, 0) is 38.9 Å². The van der Waals surface area contributed by atoms with E-state index in [1.165, 1.54) is 18.2 Å². The lowest BCUT2D eigenvalue weighted by atomic mass is 9.83. The Kier molecular flexibility index (Phi) is 15.3. The maximum absolute atomic E-state index is 13.5. The second-order valence-electron chi connectivity index (χ2n) is 13.8. The molecule has 0 heterocycles. The zero-order valence-electron chi connectivity index (χ0n) is 34.4. The van der Waals surface area contributed by atoms with Gasteiger partial charge >= 0.3 is 0 Å². The molecule has 0 bridgehead atoms. The van der Waals surface area contributed by atoms with Gasteiger partial charge in [-0.15, -0.1) is 0 Å². The van der Waals surface area contributed by atoms with Crippen LogP contribution in [0.1, 0.15) is 106 Å². The second-order valence-corrected chi connectivity index (χ2v) is 13.8. The minimum Gasteiger partial charge on any atom is -0.504 e. The summed E-state index contributed by atoms with van der Waals surface area (Å²) in [5.74, 6) is -8.95.